The molecule has 0 saturated heterocycles. The predicted molar refractivity (Wildman–Crippen MR) is 85.1 cm³/mol. The van der Waals surface area contributed by atoms with Crippen LogP contribution in [0.15, 0.2) is 0 Å². The number of aromatic carboxylic acids is 1. The number of carbonyl (C=O) groups is 2. The van der Waals surface area contributed by atoms with E-state index in [9.17, 15) is 14.7 Å². The SMILES string of the molecule is CCC(=O)N1CCc2c(sc3nc(C)c(C(=O)O)c(N)c23)C1. The Hall–Kier alpha value is -2.15. The number of hydrogen-bond acceptors (Lipinski definition) is 5. The van der Waals surface area contributed by atoms with Gasteiger partial charge in [0.15, 0.2) is 0 Å². The van der Waals surface area contributed by atoms with Crippen molar-refractivity contribution in [1.82, 2.24) is 9.88 Å². The van der Waals surface area contributed by atoms with Crippen molar-refractivity contribution in [2.75, 3.05) is 12.3 Å². The van der Waals surface area contributed by atoms with Crippen molar-refractivity contribution in [1.29, 1.82) is 0 Å². The van der Waals surface area contributed by atoms with Gasteiger partial charge in [-0.05, 0) is 18.9 Å². The van der Waals surface area contributed by atoms with Crippen LogP contribution in [0.3, 0.4) is 0 Å². The summed E-state index contributed by atoms with van der Waals surface area (Å²) in [5.74, 6) is -0.922. The second-order valence-electron chi connectivity index (χ2n) is 5.39. The molecule has 0 fully saturated rings. The van der Waals surface area contributed by atoms with Crippen LogP contribution in [-0.4, -0.2) is 33.4 Å². The molecule has 0 bridgehead atoms. The molecule has 1 aliphatic heterocycles. The molecule has 3 heterocycles. The van der Waals surface area contributed by atoms with E-state index in [0.717, 1.165) is 20.7 Å². The molecule has 22 heavy (non-hydrogen) atoms. The lowest BCUT2D eigenvalue weighted by atomic mass is 10.0. The number of pyridine rings is 1. The minimum atomic E-state index is -1.05. The Labute approximate surface area is 131 Å². The lowest BCUT2D eigenvalue weighted by Crippen LogP contribution is -2.34. The molecule has 1 aliphatic rings. The van der Waals surface area contributed by atoms with E-state index in [1.165, 1.54) is 11.3 Å². The van der Waals surface area contributed by atoms with Crippen LogP contribution in [0.5, 0.6) is 0 Å². The summed E-state index contributed by atoms with van der Waals surface area (Å²) >= 11 is 1.50. The van der Waals surface area contributed by atoms with Gasteiger partial charge in [0.1, 0.15) is 10.4 Å². The Morgan fingerprint density at radius 3 is 2.82 bits per heavy atom. The molecule has 2 aromatic heterocycles. The summed E-state index contributed by atoms with van der Waals surface area (Å²) in [7, 11) is 0. The van der Waals surface area contributed by atoms with Crippen molar-refractivity contribution < 1.29 is 14.7 Å². The number of carboxylic acid groups (broad SMARTS) is 1. The molecule has 0 atom stereocenters. The van der Waals surface area contributed by atoms with Crippen molar-refractivity contribution in [3.05, 3.63) is 21.7 Å². The Kier molecular flexibility index (Phi) is 3.52. The number of anilines is 1. The van der Waals surface area contributed by atoms with E-state index in [1.807, 2.05) is 11.8 Å². The zero-order valence-corrected chi connectivity index (χ0v) is 13.3. The maximum absolute atomic E-state index is 11.9. The molecular weight excluding hydrogens is 302 g/mol. The van der Waals surface area contributed by atoms with E-state index in [4.69, 9.17) is 5.73 Å². The van der Waals surface area contributed by atoms with Crippen molar-refractivity contribution in [2.45, 2.75) is 33.2 Å². The van der Waals surface area contributed by atoms with Gasteiger partial charge in [0.05, 0.1) is 17.9 Å². The molecule has 3 rings (SSSR count). The van der Waals surface area contributed by atoms with Crippen molar-refractivity contribution in [3.63, 3.8) is 0 Å². The summed E-state index contributed by atoms with van der Waals surface area (Å²) in [6.45, 7) is 4.71. The van der Waals surface area contributed by atoms with Gasteiger partial charge in [-0.15, -0.1) is 11.3 Å². The first-order valence-corrected chi connectivity index (χ1v) is 7.97. The second kappa shape index (κ2) is 5.24. The first-order valence-electron chi connectivity index (χ1n) is 7.15. The number of aromatic nitrogens is 1. The van der Waals surface area contributed by atoms with Gasteiger partial charge >= 0.3 is 5.97 Å². The lowest BCUT2D eigenvalue weighted by molar-refractivity contribution is -0.131. The second-order valence-corrected chi connectivity index (χ2v) is 6.48. The molecule has 0 aliphatic carbocycles. The molecule has 0 aromatic carbocycles. The van der Waals surface area contributed by atoms with Crippen molar-refractivity contribution >= 4 is 39.1 Å². The predicted octanol–water partition coefficient (Wildman–Crippen LogP) is 2.18. The molecule has 0 spiro atoms. The highest BCUT2D eigenvalue weighted by atomic mass is 32.1. The number of nitrogens with two attached hydrogens (primary N) is 1. The van der Waals surface area contributed by atoms with Crippen LogP contribution in [0.4, 0.5) is 5.69 Å². The topological polar surface area (TPSA) is 96.5 Å². The van der Waals surface area contributed by atoms with E-state index < -0.39 is 5.97 Å². The summed E-state index contributed by atoms with van der Waals surface area (Å²) in [5.41, 5.74) is 7.97. The molecule has 0 unspecified atom stereocenters. The largest absolute Gasteiger partial charge is 0.478 e. The van der Waals surface area contributed by atoms with Gasteiger partial charge in [0.25, 0.3) is 0 Å². The number of carbonyl (C=O) groups excluding carboxylic acids is 1. The summed E-state index contributed by atoms with van der Waals surface area (Å²) in [6.07, 6.45) is 1.18. The average molecular weight is 319 g/mol. The van der Waals surface area contributed by atoms with Gasteiger partial charge < -0.3 is 15.7 Å². The standard InChI is InChI=1S/C15H17N3O3S/c1-3-10(19)18-5-4-8-9(6-18)22-14-12(8)13(16)11(15(20)21)7(2)17-14/h3-6H2,1-2H3,(H2,16,17)(H,20,21). The quantitative estimate of drug-likeness (QED) is 0.884. The normalized spacial score (nSPS) is 14.2. The van der Waals surface area contributed by atoms with Gasteiger partial charge in [-0.3, -0.25) is 4.79 Å². The Balaban J connectivity index is 2.15. The Morgan fingerprint density at radius 2 is 2.18 bits per heavy atom. The maximum atomic E-state index is 11.9. The summed E-state index contributed by atoms with van der Waals surface area (Å²) in [4.78, 5) is 31.3. The number of hydrogen-bond donors (Lipinski definition) is 2. The molecule has 1 amide bonds. The third-order valence-corrected chi connectivity index (χ3v) is 5.19. The summed E-state index contributed by atoms with van der Waals surface area (Å²) in [6, 6.07) is 0. The molecule has 116 valence electrons. The summed E-state index contributed by atoms with van der Waals surface area (Å²) < 4.78 is 0. The molecule has 2 aromatic rings. The van der Waals surface area contributed by atoms with Gasteiger partial charge in [0, 0.05) is 23.2 Å². The van der Waals surface area contributed by atoms with E-state index in [2.05, 4.69) is 4.98 Å². The van der Waals surface area contributed by atoms with Gasteiger partial charge in [-0.1, -0.05) is 6.92 Å². The van der Waals surface area contributed by atoms with Crippen LogP contribution < -0.4 is 5.73 Å². The molecular formula is C15H17N3O3S. The van der Waals surface area contributed by atoms with Crippen LogP contribution in [-0.2, 0) is 17.8 Å². The molecule has 7 heteroatoms. The van der Waals surface area contributed by atoms with E-state index in [-0.39, 0.29) is 11.5 Å². The van der Waals surface area contributed by atoms with E-state index in [0.29, 0.717) is 37.3 Å². The highest BCUT2D eigenvalue weighted by Gasteiger charge is 2.27. The smallest absolute Gasteiger partial charge is 0.339 e. The number of amides is 1. The van der Waals surface area contributed by atoms with Gasteiger partial charge in [-0.25, -0.2) is 9.78 Å². The van der Waals surface area contributed by atoms with Gasteiger partial charge in [-0.2, -0.15) is 0 Å². The zero-order chi connectivity index (χ0) is 16.0. The fourth-order valence-electron chi connectivity index (χ4n) is 2.98. The Bertz CT molecular complexity index is 797. The minimum Gasteiger partial charge on any atom is -0.478 e. The Morgan fingerprint density at radius 1 is 1.45 bits per heavy atom. The minimum absolute atomic E-state index is 0.0835. The van der Waals surface area contributed by atoms with E-state index in [1.54, 1.807) is 6.92 Å². The van der Waals surface area contributed by atoms with E-state index >= 15 is 0 Å². The number of aryl methyl sites for hydroxylation is 1. The third kappa shape index (κ3) is 2.12. The van der Waals surface area contributed by atoms with Crippen LogP contribution >= 0.6 is 11.3 Å². The molecule has 3 N–H and O–H groups in total. The number of carboxylic acids is 1. The lowest BCUT2D eigenvalue weighted by Gasteiger charge is -2.26. The van der Waals surface area contributed by atoms with Crippen molar-refractivity contribution in [2.24, 2.45) is 0 Å². The fourth-order valence-corrected chi connectivity index (χ4v) is 4.28. The average Bonchev–Trinajstić information content (AvgIpc) is 2.82. The fraction of sp³-hybridized carbons (Fsp3) is 0.400. The van der Waals surface area contributed by atoms with Crippen LogP contribution in [0.1, 0.15) is 39.8 Å². The number of nitrogen functional groups attached to an aromatic ring is 1. The monoisotopic (exact) mass is 319 g/mol. The molecule has 0 radical (unpaired) electrons. The number of nitrogens with zero attached hydrogens (tertiary/aromatic N) is 2. The van der Waals surface area contributed by atoms with Crippen LogP contribution in [0, 0.1) is 6.92 Å². The molecule has 0 saturated carbocycles. The first-order chi connectivity index (χ1) is 10.4. The maximum Gasteiger partial charge on any atom is 0.339 e. The van der Waals surface area contributed by atoms with Gasteiger partial charge in [0.2, 0.25) is 5.91 Å². The highest BCUT2D eigenvalue weighted by molar-refractivity contribution is 7.19. The van der Waals surface area contributed by atoms with Crippen LogP contribution in [0.25, 0.3) is 10.2 Å². The molecule has 6 nitrogen and oxygen atoms in total. The third-order valence-electron chi connectivity index (χ3n) is 4.08. The zero-order valence-electron chi connectivity index (χ0n) is 12.5. The number of thiophene rings is 1. The first kappa shape index (κ1) is 14.8. The van der Waals surface area contributed by atoms with Crippen molar-refractivity contribution in [3.8, 4) is 0 Å². The summed E-state index contributed by atoms with van der Waals surface area (Å²) in [5, 5.41) is 10.1. The highest BCUT2D eigenvalue weighted by Crippen LogP contribution is 2.39. The van der Waals surface area contributed by atoms with Crippen LogP contribution in [0.2, 0.25) is 0 Å². The number of rotatable bonds is 2. The number of fused-ring (bicyclic) bond motifs is 3.